The zero-order valence-electron chi connectivity index (χ0n) is 16.2. The first-order chi connectivity index (χ1) is 12.9. The number of fused-ring (bicyclic) bond motifs is 1. The van der Waals surface area contributed by atoms with Gasteiger partial charge in [-0.1, -0.05) is 19.1 Å². The van der Waals surface area contributed by atoms with Crippen LogP contribution in [0, 0.1) is 11.3 Å². The Morgan fingerprint density at radius 1 is 1.22 bits per heavy atom. The fourth-order valence-electron chi connectivity index (χ4n) is 2.68. The minimum Gasteiger partial charge on any atom is -0.481 e. The first-order valence-corrected chi connectivity index (χ1v) is 8.88. The Hall–Kier alpha value is -2.62. The van der Waals surface area contributed by atoms with Crippen LogP contribution in [0.1, 0.15) is 32.8 Å². The summed E-state index contributed by atoms with van der Waals surface area (Å²) in [5.74, 6) is 0.391. The third kappa shape index (κ3) is 5.95. The Bertz CT molecular complexity index is 827. The van der Waals surface area contributed by atoms with Crippen molar-refractivity contribution in [2.45, 2.75) is 38.8 Å². The van der Waals surface area contributed by atoms with Crippen molar-refractivity contribution < 1.29 is 19.0 Å². The number of nitrogens with zero attached hydrogens (tertiary/aromatic N) is 1. The highest BCUT2D eigenvalue weighted by Crippen LogP contribution is 2.23. The number of carbonyl (C=O) groups is 1. The molecule has 2 rings (SSSR count). The maximum Gasteiger partial charge on any atom is 0.261 e. The Morgan fingerprint density at radius 3 is 2.63 bits per heavy atom. The highest BCUT2D eigenvalue weighted by Gasteiger charge is 2.26. The molecule has 0 aliphatic carbocycles. The second kappa shape index (κ2) is 9.36. The molecule has 144 valence electrons. The van der Waals surface area contributed by atoms with Gasteiger partial charge in [0, 0.05) is 7.11 Å². The number of methoxy groups -OCH3 is 1. The number of amides is 1. The summed E-state index contributed by atoms with van der Waals surface area (Å²) in [7, 11) is 1.55. The lowest BCUT2D eigenvalue weighted by Crippen LogP contribution is -2.51. The molecule has 0 bridgehead atoms. The quantitative estimate of drug-likeness (QED) is 0.541. The van der Waals surface area contributed by atoms with Crippen molar-refractivity contribution in [1.82, 2.24) is 5.32 Å². The van der Waals surface area contributed by atoms with Crippen LogP contribution in [0.4, 0.5) is 0 Å². The summed E-state index contributed by atoms with van der Waals surface area (Å²) in [6.07, 6.45) is -0.0970. The minimum atomic E-state index is -0.622. The molecule has 0 fully saturated rings. The van der Waals surface area contributed by atoms with Crippen molar-refractivity contribution in [1.29, 1.82) is 5.26 Å². The van der Waals surface area contributed by atoms with Crippen molar-refractivity contribution >= 4 is 16.7 Å². The number of ether oxygens (including phenoxy) is 3. The molecular weight excluding hydrogens is 344 g/mol. The maximum absolute atomic E-state index is 12.6. The summed E-state index contributed by atoms with van der Waals surface area (Å²) in [5.41, 5.74) is 0.0412. The van der Waals surface area contributed by atoms with E-state index in [1.165, 1.54) is 0 Å². The van der Waals surface area contributed by atoms with Crippen LogP contribution in [-0.4, -0.2) is 38.1 Å². The minimum absolute atomic E-state index is 0.175. The lowest BCUT2D eigenvalue weighted by atomic mass is 10.1. The SMILES string of the molecule is CCC(Oc1ccc2ccc(C#N)cc2c1)C(=O)NC(C)(C)COCOC. The van der Waals surface area contributed by atoms with E-state index in [2.05, 4.69) is 11.4 Å². The molecule has 1 unspecified atom stereocenters. The molecule has 2 aromatic rings. The zero-order chi connectivity index (χ0) is 19.9. The fraction of sp³-hybridized carbons (Fsp3) is 0.429. The number of rotatable bonds is 9. The van der Waals surface area contributed by atoms with Crippen molar-refractivity contribution in [2.75, 3.05) is 20.5 Å². The van der Waals surface area contributed by atoms with Crippen LogP contribution < -0.4 is 10.1 Å². The van der Waals surface area contributed by atoms with Gasteiger partial charge in [0.05, 0.1) is 23.8 Å². The number of nitrogens with one attached hydrogen (secondary N) is 1. The lowest BCUT2D eigenvalue weighted by molar-refractivity contribution is -0.131. The van der Waals surface area contributed by atoms with E-state index < -0.39 is 11.6 Å². The smallest absolute Gasteiger partial charge is 0.261 e. The van der Waals surface area contributed by atoms with Crippen LogP contribution in [0.25, 0.3) is 10.8 Å². The predicted molar refractivity (Wildman–Crippen MR) is 103 cm³/mol. The van der Waals surface area contributed by atoms with E-state index >= 15 is 0 Å². The van der Waals surface area contributed by atoms with Gasteiger partial charge in [0.25, 0.3) is 5.91 Å². The van der Waals surface area contributed by atoms with Crippen LogP contribution in [0.15, 0.2) is 36.4 Å². The van der Waals surface area contributed by atoms with Gasteiger partial charge in [-0.2, -0.15) is 5.26 Å². The highest BCUT2D eigenvalue weighted by molar-refractivity contribution is 5.85. The van der Waals surface area contributed by atoms with Gasteiger partial charge < -0.3 is 19.5 Å². The maximum atomic E-state index is 12.6. The van der Waals surface area contributed by atoms with Crippen molar-refractivity contribution in [3.8, 4) is 11.8 Å². The van der Waals surface area contributed by atoms with Gasteiger partial charge in [-0.25, -0.2) is 0 Å². The van der Waals surface area contributed by atoms with E-state index in [-0.39, 0.29) is 12.7 Å². The van der Waals surface area contributed by atoms with Crippen LogP contribution in [0.5, 0.6) is 5.75 Å². The molecule has 0 radical (unpaired) electrons. The Kier molecular flexibility index (Phi) is 7.17. The molecule has 27 heavy (non-hydrogen) atoms. The lowest BCUT2D eigenvalue weighted by Gasteiger charge is -2.28. The second-order valence-electron chi connectivity index (χ2n) is 6.98. The normalized spacial score (nSPS) is 12.4. The molecule has 0 saturated heterocycles. The topological polar surface area (TPSA) is 80.6 Å². The molecule has 1 N–H and O–H groups in total. The predicted octanol–water partition coefficient (Wildman–Crippen LogP) is 3.38. The number of hydrogen-bond donors (Lipinski definition) is 1. The van der Waals surface area contributed by atoms with E-state index in [1.54, 1.807) is 19.2 Å². The summed E-state index contributed by atoms with van der Waals surface area (Å²) in [4.78, 5) is 12.6. The van der Waals surface area contributed by atoms with Gasteiger partial charge in [0.2, 0.25) is 0 Å². The number of hydrogen-bond acceptors (Lipinski definition) is 5. The van der Waals surface area contributed by atoms with Crippen LogP contribution in [0.3, 0.4) is 0 Å². The second-order valence-corrected chi connectivity index (χ2v) is 6.98. The number of nitriles is 1. The molecule has 6 nitrogen and oxygen atoms in total. The molecule has 1 amide bonds. The highest BCUT2D eigenvalue weighted by atomic mass is 16.7. The van der Waals surface area contributed by atoms with Crippen LogP contribution in [-0.2, 0) is 14.3 Å². The monoisotopic (exact) mass is 370 g/mol. The third-order valence-corrected chi connectivity index (χ3v) is 4.01. The average molecular weight is 370 g/mol. The van der Waals surface area contributed by atoms with Gasteiger partial charge in [0.1, 0.15) is 12.5 Å². The van der Waals surface area contributed by atoms with Gasteiger partial charge in [-0.3, -0.25) is 4.79 Å². The largest absolute Gasteiger partial charge is 0.481 e. The standard InChI is InChI=1S/C21H26N2O4/c1-5-19(20(24)23-21(2,3)13-26-14-25-4)27-18-9-8-16-7-6-15(12-22)10-17(16)11-18/h6-11,19H,5,13-14H2,1-4H3,(H,23,24). The first-order valence-electron chi connectivity index (χ1n) is 8.88. The molecule has 2 aromatic carbocycles. The number of benzene rings is 2. The molecule has 0 aliphatic rings. The summed E-state index contributed by atoms with van der Waals surface area (Å²) >= 11 is 0. The van der Waals surface area contributed by atoms with Gasteiger partial charge in [-0.15, -0.1) is 0 Å². The third-order valence-electron chi connectivity index (χ3n) is 4.01. The number of carbonyl (C=O) groups excluding carboxylic acids is 1. The van der Waals surface area contributed by atoms with Crippen LogP contribution in [0.2, 0.25) is 0 Å². The van der Waals surface area contributed by atoms with E-state index in [1.807, 2.05) is 45.0 Å². The first kappa shape index (κ1) is 20.7. The van der Waals surface area contributed by atoms with Crippen molar-refractivity contribution in [2.24, 2.45) is 0 Å². The van der Waals surface area contributed by atoms with E-state index in [0.717, 1.165) is 10.8 Å². The molecule has 0 spiro atoms. The van der Waals surface area contributed by atoms with Gasteiger partial charge in [-0.05, 0) is 55.3 Å². The molecule has 1 atom stereocenters. The Labute approximate surface area is 160 Å². The Morgan fingerprint density at radius 2 is 1.96 bits per heavy atom. The molecular formula is C21H26N2O4. The summed E-state index contributed by atoms with van der Waals surface area (Å²) < 4.78 is 16.1. The fourth-order valence-corrected chi connectivity index (χ4v) is 2.68. The van der Waals surface area contributed by atoms with Gasteiger partial charge >= 0.3 is 0 Å². The summed E-state index contributed by atoms with van der Waals surface area (Å²) in [5, 5.41) is 13.9. The zero-order valence-corrected chi connectivity index (χ0v) is 16.2. The van der Waals surface area contributed by atoms with E-state index in [9.17, 15) is 4.79 Å². The van der Waals surface area contributed by atoms with Crippen LogP contribution >= 0.6 is 0 Å². The Balaban J connectivity index is 2.08. The molecule has 6 heteroatoms. The molecule has 0 saturated carbocycles. The average Bonchev–Trinajstić information content (AvgIpc) is 2.65. The summed E-state index contributed by atoms with van der Waals surface area (Å²) in [6, 6.07) is 13.2. The van der Waals surface area contributed by atoms with E-state index in [0.29, 0.717) is 24.3 Å². The van der Waals surface area contributed by atoms with Crippen molar-refractivity contribution in [3.63, 3.8) is 0 Å². The van der Waals surface area contributed by atoms with Gasteiger partial charge in [0.15, 0.2) is 6.10 Å². The summed E-state index contributed by atoms with van der Waals surface area (Å²) in [6.45, 7) is 6.16. The molecule has 0 heterocycles. The molecule has 0 aliphatic heterocycles. The molecule has 0 aromatic heterocycles. The van der Waals surface area contributed by atoms with E-state index in [4.69, 9.17) is 19.5 Å². The van der Waals surface area contributed by atoms with Crippen molar-refractivity contribution in [3.05, 3.63) is 42.0 Å².